The Bertz CT molecular complexity index is 327. The van der Waals surface area contributed by atoms with Crippen LogP contribution in [0.1, 0.15) is 39.5 Å². The summed E-state index contributed by atoms with van der Waals surface area (Å²) in [6, 6.07) is 0.408. The Morgan fingerprint density at radius 3 is 2.74 bits per heavy atom. The van der Waals surface area contributed by atoms with Crippen LogP contribution in [-0.2, 0) is 4.79 Å². The number of piperidine rings is 1. The van der Waals surface area contributed by atoms with Gasteiger partial charge in [0.1, 0.15) is 0 Å². The molecule has 0 aromatic heterocycles. The molecule has 110 valence electrons. The quantitative estimate of drug-likeness (QED) is 0.837. The molecule has 0 bridgehead atoms. The molecule has 0 spiro atoms. The molecule has 2 rings (SSSR count). The number of hydrogen-bond acceptors (Lipinski definition) is 3. The molecular weight excluding hydrogens is 238 g/mol. The lowest BCUT2D eigenvalue weighted by atomic mass is 9.77. The summed E-state index contributed by atoms with van der Waals surface area (Å²) in [4.78, 5) is 17.2. The van der Waals surface area contributed by atoms with Crippen molar-refractivity contribution >= 4 is 5.91 Å². The van der Waals surface area contributed by atoms with Crippen LogP contribution in [0.25, 0.3) is 0 Å². The standard InChI is InChI=1S/C15H29N3O/c1-15(2)8-6-9-16-13(15)14(19)18-10-5-7-12(18)11-17(3)4/h12-13,16H,5-11H2,1-4H3. The van der Waals surface area contributed by atoms with Gasteiger partial charge in [-0.1, -0.05) is 13.8 Å². The van der Waals surface area contributed by atoms with Crippen molar-refractivity contribution in [3.05, 3.63) is 0 Å². The van der Waals surface area contributed by atoms with Gasteiger partial charge in [-0.2, -0.15) is 0 Å². The minimum atomic E-state index is 0.00372. The highest BCUT2D eigenvalue weighted by Gasteiger charge is 2.41. The van der Waals surface area contributed by atoms with Crippen LogP contribution in [0.2, 0.25) is 0 Å². The first kappa shape index (κ1) is 14.8. The largest absolute Gasteiger partial charge is 0.337 e. The van der Waals surface area contributed by atoms with Gasteiger partial charge in [0.2, 0.25) is 5.91 Å². The topological polar surface area (TPSA) is 35.6 Å². The van der Waals surface area contributed by atoms with Gasteiger partial charge in [-0.15, -0.1) is 0 Å². The predicted octanol–water partition coefficient (Wildman–Crippen LogP) is 1.32. The van der Waals surface area contributed by atoms with E-state index >= 15 is 0 Å². The van der Waals surface area contributed by atoms with Gasteiger partial charge in [-0.05, 0) is 51.7 Å². The zero-order valence-electron chi connectivity index (χ0n) is 12.9. The number of rotatable bonds is 3. The Kier molecular flexibility index (Phi) is 4.51. The fraction of sp³-hybridized carbons (Fsp3) is 0.933. The van der Waals surface area contributed by atoms with Crippen LogP contribution in [-0.4, -0.2) is 61.5 Å². The Morgan fingerprint density at radius 1 is 1.37 bits per heavy atom. The van der Waals surface area contributed by atoms with Gasteiger partial charge < -0.3 is 15.1 Å². The SMILES string of the molecule is CN(C)CC1CCCN1C(=O)C1NCCCC1(C)C. The number of likely N-dealkylation sites (N-methyl/N-ethyl adjacent to an activating group) is 1. The molecule has 0 radical (unpaired) electrons. The molecule has 0 saturated carbocycles. The normalized spacial score (nSPS) is 30.9. The van der Waals surface area contributed by atoms with Crippen molar-refractivity contribution in [1.82, 2.24) is 15.1 Å². The Balaban J connectivity index is 2.05. The van der Waals surface area contributed by atoms with E-state index < -0.39 is 0 Å². The minimum Gasteiger partial charge on any atom is -0.337 e. The number of likely N-dealkylation sites (tertiary alicyclic amines) is 1. The lowest BCUT2D eigenvalue weighted by molar-refractivity contribution is -0.138. The number of carbonyl (C=O) groups is 1. The third kappa shape index (κ3) is 3.29. The van der Waals surface area contributed by atoms with E-state index in [1.54, 1.807) is 0 Å². The minimum absolute atomic E-state index is 0.00372. The molecule has 0 aromatic rings. The molecular formula is C15H29N3O. The van der Waals surface area contributed by atoms with Crippen LogP contribution in [0.4, 0.5) is 0 Å². The van der Waals surface area contributed by atoms with Crippen LogP contribution >= 0.6 is 0 Å². The summed E-state index contributed by atoms with van der Waals surface area (Å²) in [7, 11) is 4.17. The fourth-order valence-corrected chi connectivity index (χ4v) is 3.54. The van der Waals surface area contributed by atoms with Crippen LogP contribution < -0.4 is 5.32 Å². The fourth-order valence-electron chi connectivity index (χ4n) is 3.54. The summed E-state index contributed by atoms with van der Waals surface area (Å²) >= 11 is 0. The molecule has 0 aromatic carbocycles. The van der Waals surface area contributed by atoms with E-state index in [2.05, 4.69) is 43.1 Å². The molecule has 2 aliphatic rings. The monoisotopic (exact) mass is 267 g/mol. The number of hydrogen-bond donors (Lipinski definition) is 1. The maximum absolute atomic E-state index is 12.9. The van der Waals surface area contributed by atoms with Gasteiger partial charge in [0.15, 0.2) is 0 Å². The lowest BCUT2D eigenvalue weighted by Gasteiger charge is -2.41. The van der Waals surface area contributed by atoms with E-state index in [0.29, 0.717) is 11.9 Å². The molecule has 2 atom stereocenters. The first-order chi connectivity index (χ1) is 8.92. The second-order valence-electron chi connectivity index (χ2n) is 7.07. The second-order valence-corrected chi connectivity index (χ2v) is 7.07. The number of carbonyl (C=O) groups excluding carboxylic acids is 1. The summed E-state index contributed by atoms with van der Waals surface area (Å²) in [5, 5.41) is 3.46. The number of amides is 1. The highest BCUT2D eigenvalue weighted by Crippen LogP contribution is 2.32. The number of nitrogens with zero attached hydrogens (tertiary/aromatic N) is 2. The third-order valence-corrected chi connectivity index (χ3v) is 4.61. The van der Waals surface area contributed by atoms with Gasteiger partial charge in [0, 0.05) is 19.1 Å². The van der Waals surface area contributed by atoms with Crippen molar-refractivity contribution in [3.8, 4) is 0 Å². The van der Waals surface area contributed by atoms with Crippen molar-refractivity contribution in [3.63, 3.8) is 0 Å². The van der Waals surface area contributed by atoms with Crippen LogP contribution in [0.3, 0.4) is 0 Å². The predicted molar refractivity (Wildman–Crippen MR) is 78.1 cm³/mol. The van der Waals surface area contributed by atoms with E-state index in [9.17, 15) is 4.79 Å². The smallest absolute Gasteiger partial charge is 0.240 e. The van der Waals surface area contributed by atoms with E-state index in [-0.39, 0.29) is 11.5 Å². The molecule has 1 N–H and O–H groups in total. The summed E-state index contributed by atoms with van der Waals surface area (Å²) in [6.07, 6.45) is 4.62. The molecule has 2 heterocycles. The molecule has 2 unspecified atom stereocenters. The molecule has 19 heavy (non-hydrogen) atoms. The first-order valence-corrected chi connectivity index (χ1v) is 7.60. The van der Waals surface area contributed by atoms with Crippen LogP contribution in [0.5, 0.6) is 0 Å². The van der Waals surface area contributed by atoms with Gasteiger partial charge in [-0.25, -0.2) is 0 Å². The zero-order chi connectivity index (χ0) is 14.0. The van der Waals surface area contributed by atoms with Gasteiger partial charge in [0.05, 0.1) is 6.04 Å². The first-order valence-electron chi connectivity index (χ1n) is 7.60. The average molecular weight is 267 g/mol. The Hall–Kier alpha value is -0.610. The second kappa shape index (κ2) is 5.80. The number of nitrogens with one attached hydrogen (secondary N) is 1. The third-order valence-electron chi connectivity index (χ3n) is 4.61. The molecule has 0 aliphatic carbocycles. The van der Waals surface area contributed by atoms with Crippen molar-refractivity contribution in [2.45, 2.75) is 51.6 Å². The summed E-state index contributed by atoms with van der Waals surface area (Å²) in [5.41, 5.74) is 0.0839. The van der Waals surface area contributed by atoms with E-state index in [1.165, 1.54) is 6.42 Å². The van der Waals surface area contributed by atoms with Gasteiger partial charge in [-0.3, -0.25) is 4.79 Å². The molecule has 2 saturated heterocycles. The zero-order valence-corrected chi connectivity index (χ0v) is 12.9. The average Bonchev–Trinajstić information content (AvgIpc) is 2.75. The summed E-state index contributed by atoms with van der Waals surface area (Å²) in [6.45, 7) is 7.34. The summed E-state index contributed by atoms with van der Waals surface area (Å²) in [5.74, 6) is 0.328. The van der Waals surface area contributed by atoms with Gasteiger partial charge in [0.25, 0.3) is 0 Å². The maximum Gasteiger partial charge on any atom is 0.240 e. The van der Waals surface area contributed by atoms with Crippen molar-refractivity contribution in [1.29, 1.82) is 0 Å². The lowest BCUT2D eigenvalue weighted by Crippen LogP contribution is -2.58. The maximum atomic E-state index is 12.9. The molecule has 2 aliphatic heterocycles. The van der Waals surface area contributed by atoms with Gasteiger partial charge >= 0.3 is 0 Å². The summed E-state index contributed by atoms with van der Waals surface area (Å²) < 4.78 is 0. The van der Waals surface area contributed by atoms with Crippen LogP contribution in [0.15, 0.2) is 0 Å². The molecule has 1 amide bonds. The highest BCUT2D eigenvalue weighted by atomic mass is 16.2. The van der Waals surface area contributed by atoms with E-state index in [1.807, 2.05) is 0 Å². The molecule has 4 nitrogen and oxygen atoms in total. The van der Waals surface area contributed by atoms with Crippen molar-refractivity contribution < 1.29 is 4.79 Å². The van der Waals surface area contributed by atoms with Crippen LogP contribution in [0, 0.1) is 5.41 Å². The van der Waals surface area contributed by atoms with E-state index in [0.717, 1.165) is 38.9 Å². The molecule has 4 heteroatoms. The van der Waals surface area contributed by atoms with Crippen molar-refractivity contribution in [2.24, 2.45) is 5.41 Å². The van der Waals surface area contributed by atoms with Crippen molar-refractivity contribution in [2.75, 3.05) is 33.7 Å². The Labute approximate surface area is 117 Å². The van der Waals surface area contributed by atoms with E-state index in [4.69, 9.17) is 0 Å². The molecule has 2 fully saturated rings. The Morgan fingerprint density at radius 2 is 2.11 bits per heavy atom. The highest BCUT2D eigenvalue weighted by molar-refractivity contribution is 5.83.